The highest BCUT2D eigenvalue weighted by Crippen LogP contribution is 2.62. The summed E-state index contributed by atoms with van der Waals surface area (Å²) in [4.78, 5) is 4.63. The Morgan fingerprint density at radius 1 is 1.04 bits per heavy atom. The van der Waals surface area contributed by atoms with Gasteiger partial charge in [0.1, 0.15) is 12.2 Å². The molecule has 2 bridgehead atoms. The summed E-state index contributed by atoms with van der Waals surface area (Å²) < 4.78 is 19.8. The van der Waals surface area contributed by atoms with Crippen LogP contribution in [0.4, 0.5) is 0 Å². The number of methoxy groups -OCH3 is 1. The molecule has 2 aliphatic heterocycles. The van der Waals surface area contributed by atoms with Gasteiger partial charge in [-0.05, 0) is 76.3 Å². The van der Waals surface area contributed by atoms with Crippen molar-refractivity contribution < 1.29 is 19.3 Å². The lowest BCUT2D eigenvalue weighted by molar-refractivity contribution is -0.0453. The molecule has 0 unspecified atom stereocenters. The molecule has 4 aliphatic rings. The Kier molecular flexibility index (Phi) is 8.06. The van der Waals surface area contributed by atoms with Crippen LogP contribution in [-0.2, 0) is 18.4 Å². The molecule has 1 aromatic heterocycles. The van der Waals surface area contributed by atoms with Crippen LogP contribution in [0.1, 0.15) is 29.5 Å². The highest BCUT2D eigenvalue weighted by Gasteiger charge is 2.64. The molecule has 0 radical (unpaired) electrons. The van der Waals surface area contributed by atoms with E-state index in [0.717, 1.165) is 67.2 Å². The number of aliphatic hydroxyl groups excluding tert-OH is 1. The predicted molar refractivity (Wildman–Crippen MR) is 176 cm³/mol. The third kappa shape index (κ3) is 5.19. The lowest BCUT2D eigenvalue weighted by Crippen LogP contribution is -2.64. The van der Waals surface area contributed by atoms with Crippen LogP contribution in [0, 0.1) is 5.92 Å². The molecule has 236 valence electrons. The number of hydrogen-bond donors (Lipinski definition) is 1. The fourth-order valence-corrected chi connectivity index (χ4v) is 8.02. The quantitative estimate of drug-likeness (QED) is 0.225. The maximum absolute atomic E-state index is 10.6. The first-order chi connectivity index (χ1) is 21.9. The van der Waals surface area contributed by atoms with Gasteiger partial charge in [0.15, 0.2) is 11.5 Å². The first-order valence-electron chi connectivity index (χ1n) is 16.1. The Hall–Kier alpha value is -3.85. The molecule has 1 spiro atoms. The number of benzene rings is 3. The zero-order valence-corrected chi connectivity index (χ0v) is 26.7. The number of aromatic nitrogens is 2. The van der Waals surface area contributed by atoms with Gasteiger partial charge in [0.2, 0.25) is 5.88 Å². The Morgan fingerprint density at radius 3 is 2.64 bits per heavy atom. The van der Waals surface area contributed by atoms with Crippen LogP contribution < -0.4 is 14.2 Å². The second-order valence-corrected chi connectivity index (χ2v) is 13.1. The van der Waals surface area contributed by atoms with Crippen LogP contribution in [0.15, 0.2) is 78.9 Å². The molecule has 8 heteroatoms. The van der Waals surface area contributed by atoms with Gasteiger partial charge in [-0.25, -0.2) is 0 Å². The van der Waals surface area contributed by atoms with Crippen molar-refractivity contribution in [3.8, 4) is 17.4 Å². The minimum absolute atomic E-state index is 0.0806. The lowest BCUT2D eigenvalue weighted by atomic mass is 9.53. The Balaban J connectivity index is 0.000000145. The number of rotatable bonds is 8. The number of piperidine rings is 1. The van der Waals surface area contributed by atoms with Gasteiger partial charge in [0.25, 0.3) is 0 Å². The summed E-state index contributed by atoms with van der Waals surface area (Å²) in [5.74, 6) is 2.82. The van der Waals surface area contributed by atoms with Crippen molar-refractivity contribution in [1.82, 2.24) is 19.6 Å². The fraction of sp³-hybridized carbons (Fsp3) is 0.432. The van der Waals surface area contributed by atoms with E-state index in [2.05, 4.69) is 84.6 Å². The van der Waals surface area contributed by atoms with Gasteiger partial charge < -0.3 is 29.1 Å². The molecule has 5 atom stereocenters. The SMILES string of the molecule is CN(C)CCCOc1nn(Cc2ccccc2)c2ccccc12.COc1ccc2c3c1O[C@H]1[C@@H](O)C=C[C@H]4[C@@H](C2)N(C)CC[C@@]341. The molecular weight excluding hydrogens is 564 g/mol. The molecule has 1 saturated heterocycles. The largest absolute Gasteiger partial charge is 0.493 e. The normalized spacial score (nSPS) is 25.8. The monoisotopic (exact) mass is 608 g/mol. The van der Waals surface area contributed by atoms with Gasteiger partial charge in [-0.15, -0.1) is 5.10 Å². The third-order valence-corrected chi connectivity index (χ3v) is 10.1. The van der Waals surface area contributed by atoms with Crippen LogP contribution in [-0.4, -0.2) is 90.9 Å². The molecule has 4 aromatic rings. The molecule has 1 N–H and O–H groups in total. The lowest BCUT2D eigenvalue weighted by Gasteiger charge is -2.56. The van der Waals surface area contributed by atoms with Crippen LogP contribution in [0.5, 0.6) is 17.4 Å². The third-order valence-electron chi connectivity index (χ3n) is 10.1. The molecule has 2 aliphatic carbocycles. The van der Waals surface area contributed by atoms with Gasteiger partial charge in [0.05, 0.1) is 31.2 Å². The average molecular weight is 609 g/mol. The molecule has 0 amide bonds. The molecule has 3 heterocycles. The maximum atomic E-state index is 10.6. The highest BCUT2D eigenvalue weighted by molar-refractivity contribution is 5.84. The molecule has 45 heavy (non-hydrogen) atoms. The Morgan fingerprint density at radius 2 is 1.84 bits per heavy atom. The van der Waals surface area contributed by atoms with Gasteiger partial charge in [0, 0.05) is 29.5 Å². The average Bonchev–Trinajstić information content (AvgIpc) is 3.59. The second kappa shape index (κ2) is 12.2. The fourth-order valence-electron chi connectivity index (χ4n) is 8.02. The van der Waals surface area contributed by atoms with Crippen molar-refractivity contribution in [3.63, 3.8) is 0 Å². The van der Waals surface area contributed by atoms with Crippen LogP contribution >= 0.6 is 0 Å². The summed E-state index contributed by atoms with van der Waals surface area (Å²) in [5.41, 5.74) is 4.95. The van der Waals surface area contributed by atoms with Crippen molar-refractivity contribution in [3.05, 3.63) is 95.6 Å². The number of ether oxygens (including phenoxy) is 3. The van der Waals surface area contributed by atoms with Crippen molar-refractivity contribution in [2.45, 2.75) is 49.5 Å². The number of likely N-dealkylation sites (tertiary alicyclic amines) is 1. The maximum Gasteiger partial charge on any atom is 0.240 e. The van der Waals surface area contributed by atoms with Crippen LogP contribution in [0.2, 0.25) is 0 Å². The van der Waals surface area contributed by atoms with Crippen molar-refractivity contribution in [2.24, 2.45) is 5.92 Å². The number of aliphatic hydroxyl groups is 1. The standard InChI is InChI=1S/C19H23N3O.C18H21NO3/c1-21(2)13-8-14-23-19-17-11-6-7-12-18(17)22(20-19)15-16-9-4-3-5-10-16;1-19-8-7-18-11-4-5-13(20)17(18)22-16-14(21-2)6-3-10(15(16)18)9-12(11)19/h3-7,9-12H,8,13-15H2,1-2H3;3-6,11-13,17,20H,7-9H2,1-2H3/t;11-,12+,13-,17-,18-/m.0/s1. The van der Waals surface area contributed by atoms with Gasteiger partial charge >= 0.3 is 0 Å². The summed E-state index contributed by atoms with van der Waals surface area (Å²) >= 11 is 0. The van der Waals surface area contributed by atoms with E-state index in [1.807, 2.05) is 35.0 Å². The summed E-state index contributed by atoms with van der Waals surface area (Å²) in [6, 6.07) is 23.3. The first-order valence-corrected chi connectivity index (χ1v) is 16.1. The van der Waals surface area contributed by atoms with Gasteiger partial charge in [-0.3, -0.25) is 4.68 Å². The summed E-state index contributed by atoms with van der Waals surface area (Å²) in [6.07, 6.45) is 6.53. The van der Waals surface area contributed by atoms with E-state index in [1.165, 1.54) is 16.7 Å². The van der Waals surface area contributed by atoms with Crippen molar-refractivity contribution >= 4 is 10.9 Å². The Labute approximate surface area is 265 Å². The first kappa shape index (κ1) is 29.8. The summed E-state index contributed by atoms with van der Waals surface area (Å²) in [6.45, 7) is 3.51. The van der Waals surface area contributed by atoms with E-state index in [1.54, 1.807) is 7.11 Å². The zero-order chi connectivity index (χ0) is 31.1. The highest BCUT2D eigenvalue weighted by atomic mass is 16.5. The zero-order valence-electron chi connectivity index (χ0n) is 26.7. The predicted octanol–water partition coefficient (Wildman–Crippen LogP) is 4.92. The molecule has 3 aromatic carbocycles. The summed E-state index contributed by atoms with van der Waals surface area (Å²) in [5, 5.41) is 16.3. The minimum atomic E-state index is -0.539. The van der Waals surface area contributed by atoms with Gasteiger partial charge in [-0.1, -0.05) is 60.7 Å². The number of likely N-dealkylation sites (N-methyl/N-ethyl adjacent to an activating group) is 1. The van der Waals surface area contributed by atoms with Crippen molar-refractivity contribution in [2.75, 3.05) is 47.9 Å². The Bertz CT molecular complexity index is 1680. The van der Waals surface area contributed by atoms with E-state index >= 15 is 0 Å². The van der Waals surface area contributed by atoms with E-state index in [9.17, 15) is 5.11 Å². The van der Waals surface area contributed by atoms with Crippen molar-refractivity contribution in [1.29, 1.82) is 0 Å². The topological polar surface area (TPSA) is 72.2 Å². The molecule has 1 fully saturated rings. The molecular formula is C37H44N4O4. The molecule has 8 rings (SSSR count). The summed E-state index contributed by atoms with van der Waals surface area (Å²) in [7, 11) is 8.05. The minimum Gasteiger partial charge on any atom is -0.493 e. The van der Waals surface area contributed by atoms with E-state index in [4.69, 9.17) is 14.2 Å². The number of para-hydroxylation sites is 1. The van der Waals surface area contributed by atoms with E-state index < -0.39 is 6.10 Å². The van der Waals surface area contributed by atoms with Crippen LogP contribution in [0.25, 0.3) is 10.9 Å². The number of nitrogens with zero attached hydrogens (tertiary/aromatic N) is 4. The molecule has 8 nitrogen and oxygen atoms in total. The molecule has 0 saturated carbocycles. The number of fused-ring (bicyclic) bond motifs is 1. The smallest absolute Gasteiger partial charge is 0.240 e. The van der Waals surface area contributed by atoms with E-state index in [-0.39, 0.29) is 11.5 Å². The van der Waals surface area contributed by atoms with E-state index in [0.29, 0.717) is 18.6 Å². The van der Waals surface area contributed by atoms with Gasteiger partial charge in [-0.2, -0.15) is 0 Å². The van der Waals surface area contributed by atoms with Crippen LogP contribution in [0.3, 0.4) is 0 Å². The second-order valence-electron chi connectivity index (χ2n) is 13.1. The number of hydrogen-bond acceptors (Lipinski definition) is 7.